The Kier molecular flexibility index (Phi) is 3.26. The molecule has 0 aliphatic carbocycles. The summed E-state index contributed by atoms with van der Waals surface area (Å²) in [7, 11) is 0. The Morgan fingerprint density at radius 2 is 2.29 bits per heavy atom. The number of fused-ring (bicyclic) bond motifs is 1. The number of aromatic amines is 1. The highest BCUT2D eigenvalue weighted by molar-refractivity contribution is 6.18. The third kappa shape index (κ3) is 1.96. The summed E-state index contributed by atoms with van der Waals surface area (Å²) >= 11 is 5.80. The summed E-state index contributed by atoms with van der Waals surface area (Å²) in [5, 5.41) is 10.1. The number of H-pyrrole nitrogens is 1. The number of nitrogens with one attached hydrogen (secondary N) is 1. The summed E-state index contributed by atoms with van der Waals surface area (Å²) in [6.45, 7) is 1.89. The van der Waals surface area contributed by atoms with Gasteiger partial charge < -0.3 is 10.7 Å². The number of nitrogens with two attached hydrogens (primary N) is 1. The third-order valence-electron chi connectivity index (χ3n) is 3.00. The average molecular weight is 248 g/mol. The van der Waals surface area contributed by atoms with Crippen molar-refractivity contribution in [1.82, 2.24) is 4.98 Å². The van der Waals surface area contributed by atoms with Crippen LogP contribution in [0.5, 0.6) is 0 Å². The Balaban J connectivity index is 2.73. The number of rotatable bonds is 3. The van der Waals surface area contributed by atoms with Gasteiger partial charge in [-0.05, 0) is 25.0 Å². The van der Waals surface area contributed by atoms with E-state index in [0.717, 1.165) is 22.0 Å². The summed E-state index contributed by atoms with van der Waals surface area (Å²) in [6, 6.07) is 8.14. The second-order valence-corrected chi connectivity index (χ2v) is 4.45. The van der Waals surface area contributed by atoms with Gasteiger partial charge in [0, 0.05) is 22.3 Å². The molecule has 0 saturated heterocycles. The van der Waals surface area contributed by atoms with E-state index in [9.17, 15) is 0 Å². The molecule has 2 aromatic rings. The number of hydrogen-bond donors (Lipinski definition) is 2. The molecule has 1 atom stereocenters. The van der Waals surface area contributed by atoms with Gasteiger partial charge >= 0.3 is 0 Å². The Bertz CT molecular complexity index is 580. The van der Waals surface area contributed by atoms with Crippen molar-refractivity contribution in [1.29, 1.82) is 5.26 Å². The molecular weight excluding hydrogens is 234 g/mol. The highest BCUT2D eigenvalue weighted by Gasteiger charge is 2.15. The molecule has 0 fully saturated rings. The molecule has 0 aliphatic heterocycles. The van der Waals surface area contributed by atoms with E-state index in [2.05, 4.69) is 11.1 Å². The van der Waals surface area contributed by atoms with Crippen molar-refractivity contribution < 1.29 is 0 Å². The van der Waals surface area contributed by atoms with Gasteiger partial charge in [0.15, 0.2) is 0 Å². The van der Waals surface area contributed by atoms with E-state index in [4.69, 9.17) is 22.6 Å². The number of hydrogen-bond acceptors (Lipinski definition) is 2. The minimum atomic E-state index is -0.150. The average Bonchev–Trinajstić information content (AvgIpc) is 2.65. The molecule has 0 spiro atoms. The molecule has 17 heavy (non-hydrogen) atoms. The number of nitrogen functional groups attached to an aromatic ring is 1. The molecule has 0 saturated carbocycles. The zero-order valence-corrected chi connectivity index (χ0v) is 10.4. The normalized spacial score (nSPS) is 12.5. The predicted molar refractivity (Wildman–Crippen MR) is 71.2 cm³/mol. The maximum absolute atomic E-state index is 9.06. The molecule has 0 radical (unpaired) electrons. The molecule has 1 unspecified atom stereocenters. The van der Waals surface area contributed by atoms with Gasteiger partial charge in [-0.1, -0.05) is 12.1 Å². The van der Waals surface area contributed by atoms with E-state index in [-0.39, 0.29) is 5.92 Å². The first-order valence-corrected chi connectivity index (χ1v) is 6.07. The first-order chi connectivity index (χ1) is 8.19. The summed E-state index contributed by atoms with van der Waals surface area (Å²) in [6.07, 6.45) is 0.711. The Morgan fingerprint density at radius 3 is 2.94 bits per heavy atom. The lowest BCUT2D eigenvalue weighted by molar-refractivity contribution is 0.991. The number of alkyl halides is 1. The van der Waals surface area contributed by atoms with E-state index in [0.29, 0.717) is 18.1 Å². The molecule has 4 heteroatoms. The van der Waals surface area contributed by atoms with Crippen LogP contribution in [0.15, 0.2) is 18.2 Å². The van der Waals surface area contributed by atoms with E-state index < -0.39 is 0 Å². The standard InChI is InChI=1S/C13H14ClN3/c1-8(7-15)9-3-2-4-11-12(9)10(5-6-14)13(16)17-11/h2-4,8,17H,5-6,16H2,1H3. The van der Waals surface area contributed by atoms with Crippen molar-refractivity contribution in [3.05, 3.63) is 29.3 Å². The number of nitrogens with zero attached hydrogens (tertiary/aromatic N) is 1. The van der Waals surface area contributed by atoms with Crippen molar-refractivity contribution in [3.63, 3.8) is 0 Å². The van der Waals surface area contributed by atoms with E-state index in [1.165, 1.54) is 0 Å². The quantitative estimate of drug-likeness (QED) is 0.819. The van der Waals surface area contributed by atoms with Gasteiger partial charge in [0.05, 0.1) is 12.0 Å². The minimum absolute atomic E-state index is 0.150. The second-order valence-electron chi connectivity index (χ2n) is 4.08. The number of anilines is 1. The largest absolute Gasteiger partial charge is 0.385 e. The molecule has 1 heterocycles. The molecule has 1 aromatic heterocycles. The summed E-state index contributed by atoms with van der Waals surface area (Å²) in [5.41, 5.74) is 8.96. The maximum Gasteiger partial charge on any atom is 0.104 e. The van der Waals surface area contributed by atoms with Crippen molar-refractivity contribution in [2.24, 2.45) is 0 Å². The molecule has 2 rings (SSSR count). The van der Waals surface area contributed by atoms with Gasteiger partial charge in [0.25, 0.3) is 0 Å². The molecule has 88 valence electrons. The predicted octanol–water partition coefficient (Wildman–Crippen LogP) is 3.16. The van der Waals surface area contributed by atoms with Crippen LogP contribution in [0, 0.1) is 11.3 Å². The van der Waals surface area contributed by atoms with Crippen molar-refractivity contribution in [2.45, 2.75) is 19.3 Å². The molecule has 3 N–H and O–H groups in total. The van der Waals surface area contributed by atoms with Gasteiger partial charge in [-0.3, -0.25) is 0 Å². The molecule has 1 aromatic carbocycles. The first-order valence-electron chi connectivity index (χ1n) is 5.53. The van der Waals surface area contributed by atoms with Gasteiger partial charge in [-0.15, -0.1) is 11.6 Å². The Morgan fingerprint density at radius 1 is 1.53 bits per heavy atom. The van der Waals surface area contributed by atoms with E-state index in [1.807, 2.05) is 25.1 Å². The van der Waals surface area contributed by atoms with Gasteiger partial charge in [-0.25, -0.2) is 0 Å². The molecular formula is C13H14ClN3. The van der Waals surface area contributed by atoms with Crippen LogP contribution >= 0.6 is 11.6 Å². The third-order valence-corrected chi connectivity index (χ3v) is 3.19. The van der Waals surface area contributed by atoms with Crippen LogP contribution in [0.2, 0.25) is 0 Å². The number of aryl methyl sites for hydroxylation is 1. The summed E-state index contributed by atoms with van der Waals surface area (Å²) in [5.74, 6) is 1.02. The fourth-order valence-electron chi connectivity index (χ4n) is 2.15. The topological polar surface area (TPSA) is 65.6 Å². The van der Waals surface area contributed by atoms with Gasteiger partial charge in [0.2, 0.25) is 0 Å². The van der Waals surface area contributed by atoms with Crippen LogP contribution in [-0.2, 0) is 6.42 Å². The lowest BCUT2D eigenvalue weighted by Crippen LogP contribution is -1.96. The molecule has 3 nitrogen and oxygen atoms in total. The van der Waals surface area contributed by atoms with Crippen LogP contribution in [0.25, 0.3) is 10.9 Å². The Labute approximate surface area is 105 Å². The Hall–Kier alpha value is -1.66. The first kappa shape index (κ1) is 11.8. The zero-order chi connectivity index (χ0) is 12.4. The fraction of sp³-hybridized carbons (Fsp3) is 0.308. The molecule has 0 amide bonds. The highest BCUT2D eigenvalue weighted by Crippen LogP contribution is 2.32. The van der Waals surface area contributed by atoms with Crippen LogP contribution in [0.1, 0.15) is 24.0 Å². The van der Waals surface area contributed by atoms with Crippen LogP contribution in [-0.4, -0.2) is 10.9 Å². The maximum atomic E-state index is 9.06. The highest BCUT2D eigenvalue weighted by atomic mass is 35.5. The van der Waals surface area contributed by atoms with Crippen molar-refractivity contribution in [3.8, 4) is 6.07 Å². The molecule has 0 bridgehead atoms. The smallest absolute Gasteiger partial charge is 0.104 e. The zero-order valence-electron chi connectivity index (χ0n) is 9.63. The van der Waals surface area contributed by atoms with E-state index >= 15 is 0 Å². The van der Waals surface area contributed by atoms with Crippen LogP contribution in [0.4, 0.5) is 5.82 Å². The van der Waals surface area contributed by atoms with Crippen LogP contribution < -0.4 is 5.73 Å². The second kappa shape index (κ2) is 4.68. The lowest BCUT2D eigenvalue weighted by Gasteiger charge is -2.07. The number of benzene rings is 1. The lowest BCUT2D eigenvalue weighted by atomic mass is 9.95. The number of halogens is 1. The van der Waals surface area contributed by atoms with Crippen LogP contribution in [0.3, 0.4) is 0 Å². The summed E-state index contributed by atoms with van der Waals surface area (Å²) < 4.78 is 0. The van der Waals surface area contributed by atoms with Crippen molar-refractivity contribution >= 4 is 28.3 Å². The number of aromatic nitrogens is 1. The van der Waals surface area contributed by atoms with Gasteiger partial charge in [0.1, 0.15) is 5.82 Å². The monoisotopic (exact) mass is 247 g/mol. The van der Waals surface area contributed by atoms with Gasteiger partial charge in [-0.2, -0.15) is 5.26 Å². The SMILES string of the molecule is CC(C#N)c1cccc2[nH]c(N)c(CCCl)c12. The fourth-order valence-corrected chi connectivity index (χ4v) is 2.34. The summed E-state index contributed by atoms with van der Waals surface area (Å²) in [4.78, 5) is 3.14. The minimum Gasteiger partial charge on any atom is -0.385 e. The van der Waals surface area contributed by atoms with E-state index in [1.54, 1.807) is 0 Å². The number of nitriles is 1. The van der Waals surface area contributed by atoms with Crippen molar-refractivity contribution in [2.75, 3.05) is 11.6 Å². The molecule has 0 aliphatic rings.